The Morgan fingerprint density at radius 3 is 2.68 bits per heavy atom. The van der Waals surface area contributed by atoms with Crippen molar-refractivity contribution in [3.8, 4) is 5.75 Å². The molecule has 1 aliphatic rings. The van der Waals surface area contributed by atoms with Crippen LogP contribution in [-0.4, -0.2) is 24.6 Å². The van der Waals surface area contributed by atoms with E-state index < -0.39 is 0 Å². The lowest BCUT2D eigenvalue weighted by Gasteiger charge is -2.40. The summed E-state index contributed by atoms with van der Waals surface area (Å²) in [4.78, 5) is 14.9. The van der Waals surface area contributed by atoms with Gasteiger partial charge in [-0.2, -0.15) is 0 Å². The number of urea groups is 1. The highest BCUT2D eigenvalue weighted by Crippen LogP contribution is 2.36. The minimum Gasteiger partial charge on any atom is -0.497 e. The minimum absolute atomic E-state index is 0.0506. The number of carbonyl (C=O) groups is 1. The Labute approximate surface area is 149 Å². The average Bonchev–Trinajstić information content (AvgIpc) is 2.62. The van der Waals surface area contributed by atoms with Gasteiger partial charge in [0.05, 0.1) is 13.2 Å². The lowest BCUT2D eigenvalue weighted by molar-refractivity contribution is 0.129. The molecule has 2 unspecified atom stereocenters. The Morgan fingerprint density at radius 2 is 1.96 bits per heavy atom. The fraction of sp³-hybridized carbons (Fsp3) is 0.381. The molecule has 0 aliphatic carbocycles. The largest absolute Gasteiger partial charge is 0.497 e. The van der Waals surface area contributed by atoms with Crippen molar-refractivity contribution in [3.05, 3.63) is 59.7 Å². The number of anilines is 1. The predicted octanol–water partition coefficient (Wildman–Crippen LogP) is 5.01. The van der Waals surface area contributed by atoms with E-state index in [1.807, 2.05) is 29.2 Å². The number of piperidine rings is 1. The summed E-state index contributed by atoms with van der Waals surface area (Å²) >= 11 is 0. The highest BCUT2D eigenvalue weighted by Gasteiger charge is 2.33. The third-order valence-corrected chi connectivity index (χ3v) is 4.93. The molecule has 2 aromatic rings. The van der Waals surface area contributed by atoms with E-state index in [1.54, 1.807) is 7.11 Å². The standard InChI is InChI=1S/C21H26N2O2/c1-15-9-11-17(12-10-15)20-16(2)6-5-13-23(20)21(24)22-18-7-4-8-19(14-18)25-3/h4,7-12,14,16,20H,5-6,13H2,1-3H3,(H,22,24). The van der Waals surface area contributed by atoms with Crippen molar-refractivity contribution in [2.75, 3.05) is 19.0 Å². The van der Waals surface area contributed by atoms with Crippen LogP contribution in [0.4, 0.5) is 10.5 Å². The first-order chi connectivity index (χ1) is 12.1. The second kappa shape index (κ2) is 7.60. The molecular weight excluding hydrogens is 312 g/mol. The first-order valence-electron chi connectivity index (χ1n) is 8.86. The van der Waals surface area contributed by atoms with Crippen LogP contribution in [0.15, 0.2) is 48.5 Å². The third-order valence-electron chi connectivity index (χ3n) is 4.93. The molecule has 132 valence electrons. The van der Waals surface area contributed by atoms with Crippen molar-refractivity contribution < 1.29 is 9.53 Å². The topological polar surface area (TPSA) is 41.6 Å². The summed E-state index contributed by atoms with van der Waals surface area (Å²) in [6, 6.07) is 16.1. The lowest BCUT2D eigenvalue weighted by atomic mass is 9.86. The van der Waals surface area contributed by atoms with E-state index >= 15 is 0 Å². The van der Waals surface area contributed by atoms with E-state index in [0.29, 0.717) is 5.92 Å². The summed E-state index contributed by atoms with van der Waals surface area (Å²) in [6.45, 7) is 5.09. The molecule has 4 nitrogen and oxygen atoms in total. The third kappa shape index (κ3) is 3.95. The average molecular weight is 338 g/mol. The van der Waals surface area contributed by atoms with Crippen molar-refractivity contribution in [2.45, 2.75) is 32.7 Å². The summed E-state index contributed by atoms with van der Waals surface area (Å²) < 4.78 is 5.24. The van der Waals surface area contributed by atoms with Gasteiger partial charge in [0.25, 0.3) is 0 Å². The van der Waals surface area contributed by atoms with Crippen molar-refractivity contribution in [3.63, 3.8) is 0 Å². The van der Waals surface area contributed by atoms with Crippen LogP contribution in [0.5, 0.6) is 5.75 Å². The zero-order chi connectivity index (χ0) is 17.8. The van der Waals surface area contributed by atoms with Gasteiger partial charge in [-0.25, -0.2) is 4.79 Å². The zero-order valence-corrected chi connectivity index (χ0v) is 15.2. The molecule has 0 saturated carbocycles. The van der Waals surface area contributed by atoms with Crippen LogP contribution in [0.2, 0.25) is 0 Å². The van der Waals surface area contributed by atoms with Crippen LogP contribution >= 0.6 is 0 Å². The van der Waals surface area contributed by atoms with Gasteiger partial charge in [-0.15, -0.1) is 0 Å². The van der Waals surface area contributed by atoms with Gasteiger partial charge < -0.3 is 15.0 Å². The number of carbonyl (C=O) groups excluding carboxylic acids is 1. The number of rotatable bonds is 3. The van der Waals surface area contributed by atoms with E-state index in [4.69, 9.17) is 4.74 Å². The molecule has 1 saturated heterocycles. The Balaban J connectivity index is 1.81. The fourth-order valence-corrected chi connectivity index (χ4v) is 3.58. The first kappa shape index (κ1) is 17.3. The van der Waals surface area contributed by atoms with E-state index in [0.717, 1.165) is 30.8 Å². The van der Waals surface area contributed by atoms with Crippen molar-refractivity contribution in [2.24, 2.45) is 5.92 Å². The molecule has 25 heavy (non-hydrogen) atoms. The molecule has 1 N–H and O–H groups in total. The number of methoxy groups -OCH3 is 1. The van der Waals surface area contributed by atoms with Crippen LogP contribution in [0.1, 0.15) is 36.9 Å². The van der Waals surface area contributed by atoms with E-state index in [1.165, 1.54) is 11.1 Å². The first-order valence-corrected chi connectivity index (χ1v) is 8.86. The number of likely N-dealkylation sites (tertiary alicyclic amines) is 1. The second-order valence-electron chi connectivity index (χ2n) is 6.83. The quantitative estimate of drug-likeness (QED) is 0.855. The van der Waals surface area contributed by atoms with Crippen molar-refractivity contribution in [1.29, 1.82) is 0 Å². The second-order valence-corrected chi connectivity index (χ2v) is 6.83. The van der Waals surface area contributed by atoms with Gasteiger partial charge >= 0.3 is 6.03 Å². The molecule has 4 heteroatoms. The summed E-state index contributed by atoms with van der Waals surface area (Å²) in [5, 5.41) is 3.03. The molecule has 0 aromatic heterocycles. The monoisotopic (exact) mass is 338 g/mol. The molecule has 1 aliphatic heterocycles. The normalized spacial score (nSPS) is 20.2. The Kier molecular flexibility index (Phi) is 5.27. The number of nitrogens with one attached hydrogen (secondary N) is 1. The molecule has 0 bridgehead atoms. The predicted molar refractivity (Wildman–Crippen MR) is 101 cm³/mol. The molecule has 2 atom stereocenters. The van der Waals surface area contributed by atoms with Crippen LogP contribution < -0.4 is 10.1 Å². The van der Waals surface area contributed by atoms with Gasteiger partial charge in [-0.05, 0) is 43.4 Å². The Hall–Kier alpha value is -2.49. The fourth-order valence-electron chi connectivity index (χ4n) is 3.58. The van der Waals surface area contributed by atoms with Gasteiger partial charge in [-0.1, -0.05) is 42.8 Å². The summed E-state index contributed by atoms with van der Waals surface area (Å²) in [7, 11) is 1.63. The number of nitrogens with zero attached hydrogens (tertiary/aromatic N) is 1. The molecule has 3 rings (SSSR count). The van der Waals surface area contributed by atoms with Gasteiger partial charge in [-0.3, -0.25) is 0 Å². The van der Waals surface area contributed by atoms with Crippen LogP contribution in [0.25, 0.3) is 0 Å². The van der Waals surface area contributed by atoms with Gasteiger partial charge in [0.2, 0.25) is 0 Å². The lowest BCUT2D eigenvalue weighted by Crippen LogP contribution is -2.44. The van der Waals surface area contributed by atoms with Gasteiger partial charge in [0.1, 0.15) is 5.75 Å². The maximum atomic E-state index is 12.9. The molecule has 1 heterocycles. The van der Waals surface area contributed by atoms with E-state index in [2.05, 4.69) is 43.4 Å². The molecular formula is C21H26N2O2. The smallest absolute Gasteiger partial charge is 0.322 e. The van der Waals surface area contributed by atoms with Crippen molar-refractivity contribution >= 4 is 11.7 Å². The summed E-state index contributed by atoms with van der Waals surface area (Å²) in [5.74, 6) is 1.17. The van der Waals surface area contributed by atoms with Crippen LogP contribution in [0, 0.1) is 12.8 Å². The maximum Gasteiger partial charge on any atom is 0.322 e. The highest BCUT2D eigenvalue weighted by molar-refractivity contribution is 5.90. The number of ether oxygens (including phenoxy) is 1. The zero-order valence-electron chi connectivity index (χ0n) is 15.2. The SMILES string of the molecule is COc1cccc(NC(=O)N2CCCC(C)C2c2ccc(C)cc2)c1. The molecule has 2 aromatic carbocycles. The number of hydrogen-bond donors (Lipinski definition) is 1. The Morgan fingerprint density at radius 1 is 1.20 bits per heavy atom. The van der Waals surface area contributed by atoms with E-state index in [9.17, 15) is 4.79 Å². The van der Waals surface area contributed by atoms with Crippen LogP contribution in [-0.2, 0) is 0 Å². The summed E-state index contributed by atoms with van der Waals surface area (Å²) in [5.41, 5.74) is 3.20. The molecule has 2 amide bonds. The number of amides is 2. The highest BCUT2D eigenvalue weighted by atomic mass is 16.5. The van der Waals surface area contributed by atoms with Gasteiger partial charge in [0.15, 0.2) is 0 Å². The van der Waals surface area contributed by atoms with Crippen LogP contribution in [0.3, 0.4) is 0 Å². The van der Waals surface area contributed by atoms with Crippen molar-refractivity contribution in [1.82, 2.24) is 4.90 Å². The minimum atomic E-state index is -0.0506. The number of hydrogen-bond acceptors (Lipinski definition) is 2. The van der Waals surface area contributed by atoms with E-state index in [-0.39, 0.29) is 12.1 Å². The number of aryl methyl sites for hydroxylation is 1. The Bertz CT molecular complexity index is 727. The number of benzene rings is 2. The van der Waals surface area contributed by atoms with Gasteiger partial charge in [0, 0.05) is 18.3 Å². The summed E-state index contributed by atoms with van der Waals surface area (Å²) in [6.07, 6.45) is 2.18. The maximum absolute atomic E-state index is 12.9. The molecule has 0 radical (unpaired) electrons. The molecule has 1 fully saturated rings. The molecule has 0 spiro atoms.